The Kier molecular flexibility index (Phi) is 6.52. The molecule has 0 aromatic carbocycles. The van der Waals surface area contributed by atoms with Gasteiger partial charge in [0, 0.05) is 26.2 Å². The molecule has 1 amide bonds. The Hall–Kier alpha value is -1.75. The lowest BCUT2D eigenvalue weighted by molar-refractivity contribution is -0.141. The molecule has 2 atom stereocenters. The van der Waals surface area contributed by atoms with Gasteiger partial charge in [-0.1, -0.05) is 0 Å². The maximum absolute atomic E-state index is 13.1. The minimum atomic E-state index is -4.54. The molecule has 7 nitrogen and oxygen atoms in total. The number of alkyl halides is 3. The van der Waals surface area contributed by atoms with Crippen LogP contribution in [0.1, 0.15) is 34.6 Å². The van der Waals surface area contributed by atoms with E-state index < -0.39 is 17.5 Å². The standard InChI is InChI=1S/C21H28F3N3O4/c1-15-17(2-3-18(25-15)21(22,23)24)19(28)27-8-11-30-14-20(13-27)5-4-16(31-20)12-26-6-9-29-10-7-26/h2-3,16H,4-14H2,1H3/t16-,20-/m1/s1. The summed E-state index contributed by atoms with van der Waals surface area (Å²) in [6, 6.07) is 2.07. The summed E-state index contributed by atoms with van der Waals surface area (Å²) >= 11 is 0. The number of aromatic nitrogens is 1. The topological polar surface area (TPSA) is 64.1 Å². The summed E-state index contributed by atoms with van der Waals surface area (Å²) in [5.74, 6) is -0.344. The third-order valence-corrected chi connectivity index (χ3v) is 6.15. The van der Waals surface area contributed by atoms with Crippen molar-refractivity contribution >= 4 is 5.91 Å². The molecule has 0 unspecified atom stereocenters. The third-order valence-electron chi connectivity index (χ3n) is 6.15. The molecule has 31 heavy (non-hydrogen) atoms. The zero-order valence-electron chi connectivity index (χ0n) is 17.6. The maximum atomic E-state index is 13.1. The van der Waals surface area contributed by atoms with Crippen molar-refractivity contribution in [3.05, 3.63) is 29.1 Å². The van der Waals surface area contributed by atoms with Crippen LogP contribution in [-0.2, 0) is 20.4 Å². The van der Waals surface area contributed by atoms with E-state index >= 15 is 0 Å². The first-order chi connectivity index (χ1) is 14.8. The molecule has 1 aromatic heterocycles. The molecule has 0 radical (unpaired) electrons. The van der Waals surface area contributed by atoms with E-state index in [0.29, 0.717) is 26.3 Å². The summed E-state index contributed by atoms with van der Waals surface area (Å²) < 4.78 is 56.3. The maximum Gasteiger partial charge on any atom is 0.433 e. The number of nitrogens with zero attached hydrogens (tertiary/aromatic N) is 3. The predicted octanol–water partition coefficient (Wildman–Crippen LogP) is 2.13. The summed E-state index contributed by atoms with van der Waals surface area (Å²) in [5, 5.41) is 0. The average Bonchev–Trinajstić information content (AvgIpc) is 2.99. The van der Waals surface area contributed by atoms with Gasteiger partial charge in [0.2, 0.25) is 0 Å². The van der Waals surface area contributed by atoms with Gasteiger partial charge in [0.25, 0.3) is 5.91 Å². The highest BCUT2D eigenvalue weighted by Gasteiger charge is 2.44. The van der Waals surface area contributed by atoms with Gasteiger partial charge in [0.1, 0.15) is 11.3 Å². The summed E-state index contributed by atoms with van der Waals surface area (Å²) in [4.78, 5) is 20.7. The van der Waals surface area contributed by atoms with Crippen molar-refractivity contribution in [3.63, 3.8) is 0 Å². The summed E-state index contributed by atoms with van der Waals surface area (Å²) in [6.07, 6.45) is -2.83. The molecular weight excluding hydrogens is 415 g/mol. The Morgan fingerprint density at radius 3 is 2.65 bits per heavy atom. The van der Waals surface area contributed by atoms with Crippen LogP contribution in [0.3, 0.4) is 0 Å². The molecule has 0 N–H and O–H groups in total. The number of carbonyl (C=O) groups excluding carboxylic acids is 1. The van der Waals surface area contributed by atoms with Crippen molar-refractivity contribution in [1.82, 2.24) is 14.8 Å². The fraction of sp³-hybridized carbons (Fsp3) is 0.714. The molecular formula is C21H28F3N3O4. The number of hydrogen-bond acceptors (Lipinski definition) is 6. The summed E-state index contributed by atoms with van der Waals surface area (Å²) in [7, 11) is 0. The molecule has 4 heterocycles. The predicted molar refractivity (Wildman–Crippen MR) is 105 cm³/mol. The van der Waals surface area contributed by atoms with Crippen LogP contribution in [0.4, 0.5) is 13.2 Å². The Labute approximate surface area is 179 Å². The number of pyridine rings is 1. The number of morpholine rings is 1. The molecule has 0 bridgehead atoms. The van der Waals surface area contributed by atoms with Crippen LogP contribution >= 0.6 is 0 Å². The van der Waals surface area contributed by atoms with Crippen LogP contribution in [0.15, 0.2) is 12.1 Å². The van der Waals surface area contributed by atoms with Gasteiger partial charge in [-0.2, -0.15) is 13.2 Å². The first kappa shape index (κ1) is 22.4. The highest BCUT2D eigenvalue weighted by molar-refractivity contribution is 5.95. The van der Waals surface area contributed by atoms with E-state index in [-0.39, 0.29) is 23.3 Å². The number of amides is 1. The quantitative estimate of drug-likeness (QED) is 0.713. The Balaban J connectivity index is 1.44. The number of carbonyl (C=O) groups is 1. The van der Waals surface area contributed by atoms with E-state index in [2.05, 4.69) is 9.88 Å². The minimum Gasteiger partial charge on any atom is -0.379 e. The van der Waals surface area contributed by atoms with Crippen LogP contribution in [0, 0.1) is 6.92 Å². The molecule has 1 aromatic rings. The number of ether oxygens (including phenoxy) is 3. The van der Waals surface area contributed by atoms with Crippen molar-refractivity contribution in [2.24, 2.45) is 0 Å². The van der Waals surface area contributed by atoms with Crippen molar-refractivity contribution in [2.75, 3.05) is 59.2 Å². The fourth-order valence-corrected chi connectivity index (χ4v) is 4.51. The molecule has 10 heteroatoms. The molecule has 3 aliphatic heterocycles. The smallest absolute Gasteiger partial charge is 0.379 e. The molecule has 4 rings (SSSR count). The number of aryl methyl sites for hydroxylation is 1. The molecule has 1 spiro atoms. The first-order valence-electron chi connectivity index (χ1n) is 10.7. The van der Waals surface area contributed by atoms with Crippen LogP contribution in [0.5, 0.6) is 0 Å². The number of rotatable bonds is 3. The average molecular weight is 443 g/mol. The number of hydrogen-bond donors (Lipinski definition) is 0. The lowest BCUT2D eigenvalue weighted by Gasteiger charge is -2.33. The largest absolute Gasteiger partial charge is 0.433 e. The molecule has 0 saturated carbocycles. The molecule has 0 aliphatic carbocycles. The molecule has 3 aliphatic rings. The zero-order valence-corrected chi connectivity index (χ0v) is 17.6. The molecule has 3 saturated heterocycles. The first-order valence-corrected chi connectivity index (χ1v) is 10.7. The van der Waals surface area contributed by atoms with Gasteiger partial charge in [0.05, 0.1) is 50.3 Å². The molecule has 3 fully saturated rings. The van der Waals surface area contributed by atoms with E-state index in [4.69, 9.17) is 14.2 Å². The van der Waals surface area contributed by atoms with Gasteiger partial charge in [-0.25, -0.2) is 4.98 Å². The lowest BCUT2D eigenvalue weighted by Crippen LogP contribution is -2.48. The monoisotopic (exact) mass is 443 g/mol. The van der Waals surface area contributed by atoms with E-state index in [9.17, 15) is 18.0 Å². The van der Waals surface area contributed by atoms with Crippen LogP contribution < -0.4 is 0 Å². The van der Waals surface area contributed by atoms with Crippen LogP contribution in [0.25, 0.3) is 0 Å². The van der Waals surface area contributed by atoms with Gasteiger partial charge in [-0.05, 0) is 31.9 Å². The zero-order chi connectivity index (χ0) is 22.1. The van der Waals surface area contributed by atoms with Crippen molar-refractivity contribution < 1.29 is 32.2 Å². The highest BCUT2D eigenvalue weighted by Crippen LogP contribution is 2.34. The van der Waals surface area contributed by atoms with Crippen molar-refractivity contribution in [3.8, 4) is 0 Å². The normalized spacial score (nSPS) is 28.1. The minimum absolute atomic E-state index is 0.0613. The second-order valence-corrected chi connectivity index (χ2v) is 8.48. The van der Waals surface area contributed by atoms with Gasteiger partial charge in [-0.15, -0.1) is 0 Å². The lowest BCUT2D eigenvalue weighted by atomic mass is 9.99. The van der Waals surface area contributed by atoms with Gasteiger partial charge >= 0.3 is 6.18 Å². The van der Waals surface area contributed by atoms with Gasteiger partial charge < -0.3 is 19.1 Å². The summed E-state index contributed by atoms with van der Waals surface area (Å²) in [6.45, 7) is 6.94. The van der Waals surface area contributed by atoms with E-state index in [0.717, 1.165) is 51.8 Å². The van der Waals surface area contributed by atoms with Crippen LogP contribution in [-0.4, -0.2) is 91.5 Å². The van der Waals surface area contributed by atoms with E-state index in [1.807, 2.05) is 0 Å². The third kappa shape index (κ3) is 5.19. The Morgan fingerprint density at radius 1 is 1.19 bits per heavy atom. The van der Waals surface area contributed by atoms with E-state index in [1.54, 1.807) is 4.90 Å². The highest BCUT2D eigenvalue weighted by atomic mass is 19.4. The fourth-order valence-electron chi connectivity index (χ4n) is 4.51. The SMILES string of the molecule is Cc1nc(C(F)(F)F)ccc1C(=O)N1CCOC[C@@]2(CC[C@H](CN3CCOCC3)O2)C1. The Morgan fingerprint density at radius 2 is 1.94 bits per heavy atom. The van der Waals surface area contributed by atoms with E-state index in [1.165, 1.54) is 13.0 Å². The van der Waals surface area contributed by atoms with Crippen molar-refractivity contribution in [1.29, 1.82) is 0 Å². The second kappa shape index (κ2) is 9.01. The van der Waals surface area contributed by atoms with Crippen LogP contribution in [0.2, 0.25) is 0 Å². The second-order valence-electron chi connectivity index (χ2n) is 8.48. The Bertz CT molecular complexity index is 801. The summed E-state index contributed by atoms with van der Waals surface area (Å²) in [5.41, 5.74) is -1.34. The van der Waals surface area contributed by atoms with Gasteiger partial charge in [0.15, 0.2) is 0 Å². The van der Waals surface area contributed by atoms with Crippen molar-refractivity contribution in [2.45, 2.75) is 37.6 Å². The molecule has 172 valence electrons. The number of halogens is 3. The van der Waals surface area contributed by atoms with Gasteiger partial charge in [-0.3, -0.25) is 9.69 Å².